The van der Waals surface area contributed by atoms with Gasteiger partial charge in [-0.25, -0.2) is 4.98 Å². The number of aryl methyl sites for hydroxylation is 1. The summed E-state index contributed by atoms with van der Waals surface area (Å²) < 4.78 is 16.0. The molecule has 7 N–H and O–H groups in total. The molecule has 49 heavy (non-hydrogen) atoms. The molecule has 0 spiro atoms. The first-order valence-corrected chi connectivity index (χ1v) is 19.3. The number of aliphatic hydroxyl groups excluding tert-OH is 1. The van der Waals surface area contributed by atoms with E-state index in [-0.39, 0.29) is 35.8 Å². The van der Waals surface area contributed by atoms with Crippen molar-refractivity contribution in [1.29, 1.82) is 0 Å². The fourth-order valence-corrected chi connectivity index (χ4v) is 7.67. The molecule has 0 unspecified atom stereocenters. The van der Waals surface area contributed by atoms with Gasteiger partial charge in [0.2, 0.25) is 11.8 Å². The molecule has 0 aliphatic carbocycles. The zero-order chi connectivity index (χ0) is 35.5. The summed E-state index contributed by atoms with van der Waals surface area (Å²) in [6, 6.07) is 7.34. The number of ether oxygens (including phenoxy) is 3. The van der Waals surface area contributed by atoms with Crippen LogP contribution in [0.5, 0.6) is 0 Å². The summed E-state index contributed by atoms with van der Waals surface area (Å²) in [4.78, 5) is 34.1. The number of likely N-dealkylation sites (tertiary alicyclic amines) is 1. The van der Waals surface area contributed by atoms with Gasteiger partial charge in [-0.1, -0.05) is 37.1 Å². The van der Waals surface area contributed by atoms with E-state index in [1.54, 1.807) is 11.3 Å². The molecule has 14 heteroatoms. The Kier molecular flexibility index (Phi) is 19.1. The van der Waals surface area contributed by atoms with Crippen molar-refractivity contribution in [2.75, 3.05) is 71.6 Å². The van der Waals surface area contributed by atoms with Crippen LogP contribution in [0.4, 0.5) is 0 Å². The van der Waals surface area contributed by atoms with Crippen LogP contribution in [0.15, 0.2) is 29.8 Å². The Hall–Kier alpha value is -2.14. The van der Waals surface area contributed by atoms with Gasteiger partial charge in [0, 0.05) is 30.9 Å². The third-order valence-corrected chi connectivity index (χ3v) is 11.0. The lowest BCUT2D eigenvalue weighted by Gasteiger charge is -2.38. The highest BCUT2D eigenvalue weighted by Crippen LogP contribution is 2.32. The van der Waals surface area contributed by atoms with E-state index in [2.05, 4.69) is 41.6 Å². The lowest BCUT2D eigenvalue weighted by Crippen LogP contribution is -2.56. The molecule has 3 rings (SSSR count). The second-order valence-corrected chi connectivity index (χ2v) is 15.5. The summed E-state index contributed by atoms with van der Waals surface area (Å²) in [5, 5.41) is 16.9. The quantitative estimate of drug-likeness (QED) is 0.0954. The molecule has 276 valence electrons. The number of amides is 2. The van der Waals surface area contributed by atoms with Gasteiger partial charge in [-0.2, -0.15) is 11.8 Å². The summed E-state index contributed by atoms with van der Waals surface area (Å²) in [5.41, 5.74) is 16.0. The molecule has 1 aromatic carbocycles. The smallest absolute Gasteiger partial charge is 0.246 e. The lowest BCUT2D eigenvalue weighted by molar-refractivity contribution is -0.127. The van der Waals surface area contributed by atoms with E-state index in [0.29, 0.717) is 65.6 Å². The molecule has 1 aliphatic heterocycles. The molecular formula is C35H58N6O6S2. The van der Waals surface area contributed by atoms with Gasteiger partial charge in [-0.05, 0) is 63.5 Å². The van der Waals surface area contributed by atoms with Gasteiger partial charge in [0.1, 0.15) is 6.61 Å². The van der Waals surface area contributed by atoms with Crippen molar-refractivity contribution in [3.8, 4) is 10.4 Å². The van der Waals surface area contributed by atoms with Gasteiger partial charge < -0.3 is 41.4 Å². The largest absolute Gasteiger partial charge is 0.392 e. The Bertz CT molecular complexity index is 1230. The fourth-order valence-electron chi connectivity index (χ4n) is 5.65. The number of β-amino-alcohol motifs (C(OH)–C–C–N with tert-alkyl or cyclic N) is 1. The third kappa shape index (κ3) is 14.9. The van der Waals surface area contributed by atoms with Crippen molar-refractivity contribution in [3.63, 3.8) is 0 Å². The van der Waals surface area contributed by atoms with Gasteiger partial charge in [0.25, 0.3) is 0 Å². The number of aromatic nitrogens is 1. The second kappa shape index (κ2) is 22.6. The maximum Gasteiger partial charge on any atom is 0.246 e. The summed E-state index contributed by atoms with van der Waals surface area (Å²) in [7, 11) is 0. The molecular weight excluding hydrogens is 665 g/mol. The van der Waals surface area contributed by atoms with Crippen LogP contribution in [0.2, 0.25) is 0 Å². The molecule has 3 atom stereocenters. The maximum absolute atomic E-state index is 13.5. The SMILES string of the molecule is Cc1ncsc1-c1ccc(CNC(=O)[C@@H]2C[C@@H](O)CN2C[C@@H](NC(=O)COCCOCCOCCN)C(C)(C)SCCCCCCN)cc1. The molecule has 1 aliphatic rings. The summed E-state index contributed by atoms with van der Waals surface area (Å²) in [6.07, 6.45) is 4.02. The van der Waals surface area contributed by atoms with Gasteiger partial charge in [-0.3, -0.25) is 14.5 Å². The number of benzene rings is 1. The summed E-state index contributed by atoms with van der Waals surface area (Å²) >= 11 is 3.42. The van der Waals surface area contributed by atoms with E-state index in [1.807, 2.05) is 41.2 Å². The summed E-state index contributed by atoms with van der Waals surface area (Å²) in [5.74, 6) is 0.581. The van der Waals surface area contributed by atoms with E-state index >= 15 is 0 Å². The van der Waals surface area contributed by atoms with Crippen molar-refractivity contribution >= 4 is 34.9 Å². The van der Waals surface area contributed by atoms with E-state index in [4.69, 9.17) is 25.7 Å². The molecule has 2 amide bonds. The van der Waals surface area contributed by atoms with Crippen molar-refractivity contribution < 1.29 is 28.9 Å². The second-order valence-electron chi connectivity index (χ2n) is 12.9. The van der Waals surface area contributed by atoms with Crippen LogP contribution < -0.4 is 22.1 Å². The minimum absolute atomic E-state index is 0.0999. The third-order valence-electron chi connectivity index (χ3n) is 8.52. The van der Waals surface area contributed by atoms with Gasteiger partial charge in [-0.15, -0.1) is 11.3 Å². The van der Waals surface area contributed by atoms with Crippen LogP contribution in [-0.2, 0) is 30.3 Å². The Labute approximate surface area is 300 Å². The number of unbranched alkanes of at least 4 members (excludes halogenated alkanes) is 3. The Balaban J connectivity index is 1.57. The van der Waals surface area contributed by atoms with E-state index in [9.17, 15) is 14.7 Å². The molecule has 1 saturated heterocycles. The summed E-state index contributed by atoms with van der Waals surface area (Å²) in [6.45, 7) is 10.5. The van der Waals surface area contributed by atoms with Crippen LogP contribution in [-0.4, -0.2) is 121 Å². The molecule has 2 heterocycles. The number of aliphatic hydroxyl groups is 1. The molecule has 0 radical (unpaired) electrons. The fraction of sp³-hybridized carbons (Fsp3) is 0.686. The highest BCUT2D eigenvalue weighted by molar-refractivity contribution is 8.00. The van der Waals surface area contributed by atoms with Crippen LogP contribution >= 0.6 is 23.1 Å². The number of rotatable bonds is 25. The minimum atomic E-state index is -0.628. The zero-order valence-corrected chi connectivity index (χ0v) is 31.1. The highest BCUT2D eigenvalue weighted by Gasteiger charge is 2.40. The number of hydrogen-bond acceptors (Lipinski definition) is 12. The van der Waals surface area contributed by atoms with E-state index < -0.39 is 12.1 Å². The Morgan fingerprint density at radius 2 is 1.73 bits per heavy atom. The van der Waals surface area contributed by atoms with Crippen LogP contribution in [0, 0.1) is 6.92 Å². The average molecular weight is 723 g/mol. The number of nitrogens with one attached hydrogen (secondary N) is 2. The minimum Gasteiger partial charge on any atom is -0.392 e. The zero-order valence-electron chi connectivity index (χ0n) is 29.5. The molecule has 12 nitrogen and oxygen atoms in total. The standard InChI is InChI=1S/C35H58N6O6S2/c1-26-33(48-25-39-26)28-10-8-27(9-11-28)21-38-34(44)30-20-29(42)22-41(30)23-31(35(2,3)49-19-7-5-4-6-12-36)40-32(43)24-47-18-17-46-16-15-45-14-13-37/h8-11,25,29-31,42H,4-7,12-24,36-37H2,1-3H3,(H,38,44)(H,40,43)/t29-,30+,31-/m1/s1. The van der Waals surface area contributed by atoms with E-state index in [0.717, 1.165) is 53.1 Å². The van der Waals surface area contributed by atoms with Crippen molar-refractivity contribution in [1.82, 2.24) is 20.5 Å². The molecule has 0 saturated carbocycles. The maximum atomic E-state index is 13.5. The van der Waals surface area contributed by atoms with Crippen LogP contribution in [0.1, 0.15) is 57.2 Å². The first kappa shape index (κ1) is 41.3. The normalized spacial score (nSPS) is 17.3. The predicted octanol–water partition coefficient (Wildman–Crippen LogP) is 2.69. The van der Waals surface area contributed by atoms with Crippen molar-refractivity contribution in [3.05, 3.63) is 41.0 Å². The Morgan fingerprint density at radius 1 is 1.04 bits per heavy atom. The average Bonchev–Trinajstić information content (AvgIpc) is 3.68. The van der Waals surface area contributed by atoms with Crippen molar-refractivity contribution in [2.45, 2.75) is 82.4 Å². The molecule has 1 fully saturated rings. The monoisotopic (exact) mass is 722 g/mol. The topological polar surface area (TPSA) is 174 Å². The molecule has 2 aromatic rings. The molecule has 1 aromatic heterocycles. The lowest BCUT2D eigenvalue weighted by atomic mass is 10.0. The van der Waals surface area contributed by atoms with E-state index in [1.165, 1.54) is 0 Å². The van der Waals surface area contributed by atoms with Gasteiger partial charge in [0.05, 0.1) is 67.3 Å². The number of nitrogens with zero attached hydrogens (tertiary/aromatic N) is 2. The number of carbonyl (C=O) groups excluding carboxylic acids is 2. The number of nitrogens with two attached hydrogens (primary N) is 2. The number of thioether (sulfide) groups is 1. The van der Waals surface area contributed by atoms with Crippen LogP contribution in [0.3, 0.4) is 0 Å². The highest BCUT2D eigenvalue weighted by atomic mass is 32.2. The number of carbonyl (C=O) groups is 2. The van der Waals surface area contributed by atoms with Crippen molar-refractivity contribution in [2.24, 2.45) is 11.5 Å². The van der Waals surface area contributed by atoms with Crippen LogP contribution in [0.25, 0.3) is 10.4 Å². The first-order chi connectivity index (χ1) is 23.6. The number of hydrogen-bond donors (Lipinski definition) is 5. The first-order valence-electron chi connectivity index (χ1n) is 17.4. The Morgan fingerprint density at radius 3 is 2.41 bits per heavy atom. The number of thiazole rings is 1. The van der Waals surface area contributed by atoms with Gasteiger partial charge in [0.15, 0.2) is 0 Å². The predicted molar refractivity (Wildman–Crippen MR) is 198 cm³/mol. The molecule has 0 bridgehead atoms. The van der Waals surface area contributed by atoms with Gasteiger partial charge >= 0.3 is 0 Å².